The summed E-state index contributed by atoms with van der Waals surface area (Å²) in [5.74, 6) is 1.81. The molecule has 2 aromatic carbocycles. The Kier molecular flexibility index (Phi) is 6.61. The SMILES string of the molecule is COc1ccc([C@@H](C[N+](=O)[O-])Sc2nnc(C)n2-c2ccc(C)c(C)c2)cc1OC. The first-order valence-electron chi connectivity index (χ1n) is 9.34. The van der Waals surface area contributed by atoms with Crippen molar-refractivity contribution < 1.29 is 14.4 Å². The van der Waals surface area contributed by atoms with Gasteiger partial charge in [0.15, 0.2) is 16.7 Å². The van der Waals surface area contributed by atoms with Gasteiger partial charge in [-0.1, -0.05) is 23.9 Å². The van der Waals surface area contributed by atoms with Gasteiger partial charge in [0.25, 0.3) is 0 Å². The minimum Gasteiger partial charge on any atom is -0.493 e. The van der Waals surface area contributed by atoms with Crippen LogP contribution in [-0.2, 0) is 0 Å². The zero-order chi connectivity index (χ0) is 21.8. The molecule has 0 aliphatic carbocycles. The number of aryl methyl sites for hydroxylation is 3. The molecule has 0 spiro atoms. The Balaban J connectivity index is 2.01. The quantitative estimate of drug-likeness (QED) is 0.300. The molecule has 0 bridgehead atoms. The standard InChI is InChI=1S/C21H24N4O4S/c1-13-6-8-17(10-14(13)2)25-15(3)22-23-21(25)30-20(12-24(26)27)16-7-9-18(28-4)19(11-16)29-5/h6-11,20H,12H2,1-5H3/t20-/m1/s1. The van der Waals surface area contributed by atoms with E-state index in [2.05, 4.69) is 23.2 Å². The molecule has 8 nitrogen and oxygen atoms in total. The van der Waals surface area contributed by atoms with Gasteiger partial charge in [-0.05, 0) is 61.7 Å². The molecule has 0 unspecified atom stereocenters. The second kappa shape index (κ2) is 9.17. The number of hydrogen-bond donors (Lipinski definition) is 0. The van der Waals surface area contributed by atoms with Gasteiger partial charge >= 0.3 is 0 Å². The highest BCUT2D eigenvalue weighted by Crippen LogP contribution is 2.39. The van der Waals surface area contributed by atoms with Crippen LogP contribution in [0.5, 0.6) is 11.5 Å². The number of benzene rings is 2. The van der Waals surface area contributed by atoms with Crippen molar-refractivity contribution in [3.8, 4) is 17.2 Å². The van der Waals surface area contributed by atoms with Crippen molar-refractivity contribution in [1.29, 1.82) is 0 Å². The zero-order valence-electron chi connectivity index (χ0n) is 17.6. The van der Waals surface area contributed by atoms with E-state index in [9.17, 15) is 10.1 Å². The number of thioether (sulfide) groups is 1. The van der Waals surface area contributed by atoms with Crippen molar-refractivity contribution in [3.63, 3.8) is 0 Å². The van der Waals surface area contributed by atoms with E-state index >= 15 is 0 Å². The molecular formula is C21H24N4O4S. The summed E-state index contributed by atoms with van der Waals surface area (Å²) in [6.07, 6.45) is 0. The van der Waals surface area contributed by atoms with Gasteiger partial charge in [0.2, 0.25) is 6.54 Å². The molecule has 0 amide bonds. The van der Waals surface area contributed by atoms with Gasteiger partial charge in [0, 0.05) is 10.6 Å². The van der Waals surface area contributed by atoms with Crippen LogP contribution in [0.4, 0.5) is 0 Å². The van der Waals surface area contributed by atoms with Crippen LogP contribution in [0.1, 0.15) is 27.8 Å². The molecule has 3 aromatic rings. The number of nitrogens with zero attached hydrogens (tertiary/aromatic N) is 4. The fourth-order valence-corrected chi connectivity index (χ4v) is 4.27. The van der Waals surface area contributed by atoms with Crippen molar-refractivity contribution in [2.75, 3.05) is 20.8 Å². The summed E-state index contributed by atoms with van der Waals surface area (Å²) in [7, 11) is 3.09. The Bertz CT molecular complexity index is 1070. The zero-order valence-corrected chi connectivity index (χ0v) is 18.4. The molecule has 1 heterocycles. The third-order valence-electron chi connectivity index (χ3n) is 4.89. The third kappa shape index (κ3) is 4.56. The largest absolute Gasteiger partial charge is 0.493 e. The fourth-order valence-electron chi connectivity index (χ4n) is 3.11. The van der Waals surface area contributed by atoms with E-state index in [0.717, 1.165) is 16.8 Å². The third-order valence-corrected chi connectivity index (χ3v) is 6.07. The lowest BCUT2D eigenvalue weighted by molar-refractivity contribution is -0.479. The monoisotopic (exact) mass is 428 g/mol. The van der Waals surface area contributed by atoms with Crippen molar-refractivity contribution in [1.82, 2.24) is 14.8 Å². The van der Waals surface area contributed by atoms with Crippen LogP contribution in [-0.4, -0.2) is 40.5 Å². The predicted octanol–water partition coefficient (Wildman–Crippen LogP) is 4.32. The summed E-state index contributed by atoms with van der Waals surface area (Å²) in [5, 5.41) is 20.0. The van der Waals surface area contributed by atoms with Crippen LogP contribution in [0.3, 0.4) is 0 Å². The Morgan fingerprint density at radius 3 is 2.40 bits per heavy atom. The van der Waals surface area contributed by atoms with Gasteiger partial charge in [-0.3, -0.25) is 14.7 Å². The highest BCUT2D eigenvalue weighted by atomic mass is 32.2. The normalized spacial score (nSPS) is 11.9. The van der Waals surface area contributed by atoms with Gasteiger partial charge in [0.1, 0.15) is 11.1 Å². The molecule has 1 atom stereocenters. The number of aromatic nitrogens is 3. The molecule has 0 aliphatic rings. The van der Waals surface area contributed by atoms with E-state index in [1.54, 1.807) is 19.2 Å². The van der Waals surface area contributed by atoms with E-state index in [0.29, 0.717) is 22.5 Å². The van der Waals surface area contributed by atoms with Crippen LogP contribution in [0.2, 0.25) is 0 Å². The van der Waals surface area contributed by atoms with Crippen LogP contribution >= 0.6 is 11.8 Å². The molecule has 9 heteroatoms. The second-order valence-electron chi connectivity index (χ2n) is 6.87. The molecule has 30 heavy (non-hydrogen) atoms. The van der Waals surface area contributed by atoms with Crippen molar-refractivity contribution >= 4 is 11.8 Å². The minimum atomic E-state index is -0.478. The first kappa shape index (κ1) is 21.6. The van der Waals surface area contributed by atoms with Crippen molar-refractivity contribution in [2.45, 2.75) is 31.2 Å². The summed E-state index contributed by atoms with van der Waals surface area (Å²) in [6.45, 7) is 5.70. The lowest BCUT2D eigenvalue weighted by Crippen LogP contribution is -2.11. The minimum absolute atomic E-state index is 0.265. The number of hydrogen-bond acceptors (Lipinski definition) is 7. The van der Waals surface area contributed by atoms with Crippen LogP contribution < -0.4 is 9.47 Å². The lowest BCUT2D eigenvalue weighted by Gasteiger charge is -2.16. The van der Waals surface area contributed by atoms with Crippen LogP contribution in [0, 0.1) is 30.9 Å². The molecule has 158 valence electrons. The fraction of sp³-hybridized carbons (Fsp3) is 0.333. The molecular weight excluding hydrogens is 404 g/mol. The van der Waals surface area contributed by atoms with E-state index in [1.807, 2.05) is 36.6 Å². The highest BCUT2D eigenvalue weighted by Gasteiger charge is 2.25. The number of rotatable bonds is 8. The maximum absolute atomic E-state index is 11.4. The van der Waals surface area contributed by atoms with E-state index in [1.165, 1.54) is 24.4 Å². The van der Waals surface area contributed by atoms with Gasteiger partial charge in [-0.2, -0.15) is 0 Å². The first-order chi connectivity index (χ1) is 14.3. The number of methoxy groups -OCH3 is 2. The summed E-state index contributed by atoms with van der Waals surface area (Å²) in [4.78, 5) is 11.1. The Hall–Kier alpha value is -3.07. The lowest BCUT2D eigenvalue weighted by atomic mass is 10.1. The molecule has 0 aliphatic heterocycles. The summed E-state index contributed by atoms with van der Waals surface area (Å²) < 4.78 is 12.6. The molecule has 0 saturated carbocycles. The Labute approximate surface area is 179 Å². The number of nitro groups is 1. The maximum Gasteiger partial charge on any atom is 0.220 e. The van der Waals surface area contributed by atoms with Gasteiger partial charge in [-0.25, -0.2) is 0 Å². The van der Waals surface area contributed by atoms with Crippen molar-refractivity contribution in [2.24, 2.45) is 0 Å². The van der Waals surface area contributed by atoms with Gasteiger partial charge in [-0.15, -0.1) is 10.2 Å². The summed E-state index contributed by atoms with van der Waals surface area (Å²) in [6, 6.07) is 11.4. The van der Waals surface area contributed by atoms with Crippen molar-refractivity contribution in [3.05, 3.63) is 69.0 Å². The van der Waals surface area contributed by atoms with Crippen LogP contribution in [0.15, 0.2) is 41.6 Å². The molecule has 0 fully saturated rings. The summed E-state index contributed by atoms with van der Waals surface area (Å²) in [5.41, 5.74) is 4.02. The molecule has 3 rings (SSSR count). The molecule has 1 aromatic heterocycles. The van der Waals surface area contributed by atoms with E-state index < -0.39 is 5.25 Å². The van der Waals surface area contributed by atoms with E-state index in [4.69, 9.17) is 9.47 Å². The van der Waals surface area contributed by atoms with Gasteiger partial charge < -0.3 is 9.47 Å². The first-order valence-corrected chi connectivity index (χ1v) is 10.2. The summed E-state index contributed by atoms with van der Waals surface area (Å²) >= 11 is 1.31. The highest BCUT2D eigenvalue weighted by molar-refractivity contribution is 7.99. The predicted molar refractivity (Wildman–Crippen MR) is 116 cm³/mol. The average Bonchev–Trinajstić information content (AvgIpc) is 3.08. The Morgan fingerprint density at radius 1 is 1.03 bits per heavy atom. The van der Waals surface area contributed by atoms with Crippen LogP contribution in [0.25, 0.3) is 5.69 Å². The molecule has 0 saturated heterocycles. The van der Waals surface area contributed by atoms with E-state index in [-0.39, 0.29) is 11.5 Å². The average molecular weight is 429 g/mol. The maximum atomic E-state index is 11.4. The molecule has 0 radical (unpaired) electrons. The Morgan fingerprint density at radius 2 is 1.77 bits per heavy atom. The second-order valence-corrected chi connectivity index (χ2v) is 8.04. The number of ether oxygens (including phenoxy) is 2. The molecule has 0 N–H and O–H groups in total. The smallest absolute Gasteiger partial charge is 0.220 e. The van der Waals surface area contributed by atoms with Gasteiger partial charge in [0.05, 0.1) is 14.2 Å². The topological polar surface area (TPSA) is 92.3 Å².